The average Bonchev–Trinajstić information content (AvgIpc) is 2.26. The zero-order valence-electron chi connectivity index (χ0n) is 11.1. The van der Waals surface area contributed by atoms with Crippen LogP contribution in [-0.4, -0.2) is 20.4 Å². The molecule has 0 radical (unpaired) electrons. The normalized spacial score (nSPS) is 13.1. The summed E-state index contributed by atoms with van der Waals surface area (Å²) in [6, 6.07) is 1.78. The number of halogens is 2. The highest BCUT2D eigenvalue weighted by Gasteiger charge is 2.21. The predicted molar refractivity (Wildman–Crippen MR) is 77.3 cm³/mol. The van der Waals surface area contributed by atoms with Gasteiger partial charge in [0.25, 0.3) is 5.91 Å². The van der Waals surface area contributed by atoms with Gasteiger partial charge in [0.2, 0.25) is 10.0 Å². The molecule has 0 aromatic heterocycles. The molecule has 1 amide bonds. The predicted octanol–water partition coefficient (Wildman–Crippen LogP) is 2.15. The van der Waals surface area contributed by atoms with Gasteiger partial charge in [-0.15, -0.1) is 0 Å². The minimum atomic E-state index is -4.22. The summed E-state index contributed by atoms with van der Waals surface area (Å²) in [6.45, 7) is 3.81. The van der Waals surface area contributed by atoms with E-state index in [0.717, 1.165) is 25.0 Å². The molecule has 0 saturated heterocycles. The highest BCUT2D eigenvalue weighted by atomic mass is 79.9. The van der Waals surface area contributed by atoms with Crippen LogP contribution in [0.5, 0.6) is 0 Å². The summed E-state index contributed by atoms with van der Waals surface area (Å²) in [7, 11) is -4.22. The third kappa shape index (κ3) is 4.26. The largest absolute Gasteiger partial charge is 0.350 e. The van der Waals surface area contributed by atoms with E-state index in [1.54, 1.807) is 0 Å². The molecule has 1 unspecified atom stereocenters. The van der Waals surface area contributed by atoms with Crippen LogP contribution in [-0.2, 0) is 10.0 Å². The zero-order valence-corrected chi connectivity index (χ0v) is 13.5. The summed E-state index contributed by atoms with van der Waals surface area (Å²) < 4.78 is 36.2. The van der Waals surface area contributed by atoms with E-state index in [2.05, 4.69) is 21.2 Å². The van der Waals surface area contributed by atoms with E-state index in [1.807, 2.05) is 13.8 Å². The van der Waals surface area contributed by atoms with Crippen molar-refractivity contribution < 1.29 is 17.6 Å². The number of nitrogens with two attached hydrogens (primary N) is 1. The van der Waals surface area contributed by atoms with Crippen molar-refractivity contribution in [1.29, 1.82) is 0 Å². The smallest absolute Gasteiger partial charge is 0.252 e. The minimum Gasteiger partial charge on any atom is -0.350 e. The maximum atomic E-state index is 13.6. The maximum absolute atomic E-state index is 13.6. The second-order valence-electron chi connectivity index (χ2n) is 4.47. The molecular formula is C12H16BrFN2O3S. The van der Waals surface area contributed by atoms with E-state index in [1.165, 1.54) is 0 Å². The van der Waals surface area contributed by atoms with Gasteiger partial charge in [0.05, 0.1) is 5.56 Å². The Morgan fingerprint density at radius 3 is 2.60 bits per heavy atom. The van der Waals surface area contributed by atoms with Crippen LogP contribution >= 0.6 is 15.9 Å². The highest BCUT2D eigenvalue weighted by Crippen LogP contribution is 2.24. The molecule has 1 rings (SSSR count). The van der Waals surface area contributed by atoms with Crippen LogP contribution < -0.4 is 10.5 Å². The number of amides is 1. The molecule has 3 N–H and O–H groups in total. The Balaban J connectivity index is 3.16. The summed E-state index contributed by atoms with van der Waals surface area (Å²) in [5.74, 6) is -1.49. The van der Waals surface area contributed by atoms with Crippen molar-refractivity contribution in [2.75, 3.05) is 0 Å². The summed E-state index contributed by atoms with van der Waals surface area (Å²) in [4.78, 5) is 11.3. The van der Waals surface area contributed by atoms with Gasteiger partial charge in [0.15, 0.2) is 0 Å². The highest BCUT2D eigenvalue weighted by molar-refractivity contribution is 9.10. The average molecular weight is 367 g/mol. The standard InChI is InChI=1S/C12H16BrFN2O3S/c1-3-4-7(2)16-12(17)8-5-11(20(15,18)19)10(14)6-9(8)13/h5-7H,3-4H2,1-2H3,(H,16,17)(H2,15,18,19). The third-order valence-electron chi connectivity index (χ3n) is 2.67. The Kier molecular flexibility index (Phi) is 5.67. The number of nitrogens with one attached hydrogen (secondary N) is 1. The second-order valence-corrected chi connectivity index (χ2v) is 6.85. The molecule has 1 aromatic carbocycles. The van der Waals surface area contributed by atoms with Crippen molar-refractivity contribution in [3.05, 3.63) is 28.0 Å². The van der Waals surface area contributed by atoms with Crippen LogP contribution in [0.15, 0.2) is 21.5 Å². The Morgan fingerprint density at radius 1 is 1.50 bits per heavy atom. The fourth-order valence-electron chi connectivity index (χ4n) is 1.73. The van der Waals surface area contributed by atoms with Gasteiger partial charge in [0, 0.05) is 10.5 Å². The molecule has 20 heavy (non-hydrogen) atoms. The van der Waals surface area contributed by atoms with Gasteiger partial charge in [0.1, 0.15) is 10.7 Å². The molecule has 8 heteroatoms. The molecule has 1 atom stereocenters. The van der Waals surface area contributed by atoms with E-state index in [-0.39, 0.29) is 16.1 Å². The number of primary sulfonamides is 1. The molecule has 5 nitrogen and oxygen atoms in total. The van der Waals surface area contributed by atoms with E-state index < -0.39 is 26.6 Å². The van der Waals surface area contributed by atoms with Crippen LogP contribution in [0.2, 0.25) is 0 Å². The molecule has 0 fully saturated rings. The van der Waals surface area contributed by atoms with Crippen molar-refractivity contribution in [2.45, 2.75) is 37.6 Å². The van der Waals surface area contributed by atoms with Crippen molar-refractivity contribution in [1.82, 2.24) is 5.32 Å². The van der Waals surface area contributed by atoms with E-state index in [0.29, 0.717) is 0 Å². The van der Waals surface area contributed by atoms with Gasteiger partial charge in [-0.05, 0) is 41.4 Å². The summed E-state index contributed by atoms with van der Waals surface area (Å²) >= 11 is 3.04. The summed E-state index contributed by atoms with van der Waals surface area (Å²) in [6.07, 6.45) is 1.68. The lowest BCUT2D eigenvalue weighted by atomic mass is 10.1. The monoisotopic (exact) mass is 366 g/mol. The maximum Gasteiger partial charge on any atom is 0.252 e. The lowest BCUT2D eigenvalue weighted by Gasteiger charge is -2.14. The number of sulfonamides is 1. The van der Waals surface area contributed by atoms with Crippen LogP contribution in [0.4, 0.5) is 4.39 Å². The van der Waals surface area contributed by atoms with Crippen molar-refractivity contribution in [2.24, 2.45) is 5.14 Å². The lowest BCUT2D eigenvalue weighted by Crippen LogP contribution is -2.32. The van der Waals surface area contributed by atoms with Gasteiger partial charge >= 0.3 is 0 Å². The number of benzene rings is 1. The third-order valence-corrected chi connectivity index (χ3v) is 4.25. The first kappa shape index (κ1) is 17.1. The number of hydrogen-bond donors (Lipinski definition) is 2. The first-order chi connectivity index (χ1) is 9.16. The van der Waals surface area contributed by atoms with Gasteiger partial charge in [-0.3, -0.25) is 4.79 Å². The van der Waals surface area contributed by atoms with E-state index >= 15 is 0 Å². The molecule has 0 aliphatic carbocycles. The molecular weight excluding hydrogens is 351 g/mol. The fraction of sp³-hybridized carbons (Fsp3) is 0.417. The second kappa shape index (κ2) is 6.64. The van der Waals surface area contributed by atoms with Crippen molar-refractivity contribution in [3.8, 4) is 0 Å². The first-order valence-electron chi connectivity index (χ1n) is 5.99. The Labute approximate surface area is 125 Å². The summed E-state index contributed by atoms with van der Waals surface area (Å²) in [5, 5.41) is 7.62. The Morgan fingerprint density at radius 2 is 2.10 bits per heavy atom. The summed E-state index contributed by atoms with van der Waals surface area (Å²) in [5.41, 5.74) is 0.0263. The van der Waals surface area contributed by atoms with Crippen molar-refractivity contribution in [3.63, 3.8) is 0 Å². The molecule has 0 heterocycles. The minimum absolute atomic E-state index is 0.0263. The molecule has 0 bridgehead atoms. The SMILES string of the molecule is CCCC(C)NC(=O)c1cc(S(N)(=O)=O)c(F)cc1Br. The number of hydrogen-bond acceptors (Lipinski definition) is 3. The Hall–Kier alpha value is -0.990. The van der Waals surface area contributed by atoms with Crippen molar-refractivity contribution >= 4 is 31.9 Å². The van der Waals surface area contributed by atoms with Gasteiger partial charge in [-0.25, -0.2) is 17.9 Å². The van der Waals surface area contributed by atoms with Gasteiger partial charge in [-0.1, -0.05) is 13.3 Å². The molecule has 0 spiro atoms. The van der Waals surface area contributed by atoms with Crippen LogP contribution in [0.3, 0.4) is 0 Å². The fourth-order valence-corrected chi connectivity index (χ4v) is 2.84. The molecule has 0 saturated carbocycles. The number of carbonyl (C=O) groups is 1. The van der Waals surface area contributed by atoms with Crippen LogP contribution in [0.1, 0.15) is 37.0 Å². The number of carbonyl (C=O) groups excluding carboxylic acids is 1. The van der Waals surface area contributed by atoms with E-state index in [4.69, 9.17) is 5.14 Å². The molecule has 0 aliphatic rings. The van der Waals surface area contributed by atoms with Gasteiger partial charge in [-0.2, -0.15) is 0 Å². The van der Waals surface area contributed by atoms with E-state index in [9.17, 15) is 17.6 Å². The molecule has 1 aromatic rings. The molecule has 112 valence electrons. The molecule has 0 aliphatic heterocycles. The zero-order chi connectivity index (χ0) is 15.5. The van der Waals surface area contributed by atoms with Crippen LogP contribution in [0.25, 0.3) is 0 Å². The number of rotatable bonds is 5. The quantitative estimate of drug-likeness (QED) is 0.836. The Bertz CT molecular complexity index is 619. The topological polar surface area (TPSA) is 89.3 Å². The van der Waals surface area contributed by atoms with Crippen LogP contribution in [0, 0.1) is 5.82 Å². The van der Waals surface area contributed by atoms with Gasteiger partial charge < -0.3 is 5.32 Å². The first-order valence-corrected chi connectivity index (χ1v) is 8.33. The lowest BCUT2D eigenvalue weighted by molar-refractivity contribution is 0.0937.